The molecule has 1 atom stereocenters. The van der Waals surface area contributed by atoms with E-state index in [2.05, 4.69) is 10.4 Å². The Morgan fingerprint density at radius 3 is 2.92 bits per heavy atom. The number of nitrogens with two attached hydrogens (primary N) is 2. The van der Waals surface area contributed by atoms with Crippen molar-refractivity contribution in [3.05, 3.63) is 11.1 Å². The minimum Gasteiger partial charge on any atom is -0.325 e. The van der Waals surface area contributed by atoms with Gasteiger partial charge in [-0.2, -0.15) is 0 Å². The van der Waals surface area contributed by atoms with Crippen molar-refractivity contribution in [1.29, 1.82) is 0 Å². The van der Waals surface area contributed by atoms with Gasteiger partial charge in [0.25, 0.3) is 0 Å². The summed E-state index contributed by atoms with van der Waals surface area (Å²) in [4.78, 5) is 4.08. The molecule has 0 saturated heterocycles. The van der Waals surface area contributed by atoms with Crippen molar-refractivity contribution in [3.8, 4) is 0 Å². The fraction of sp³-hybridized carbons (Fsp3) is 0.500. The number of aliphatic imine (C=N–C) groups is 1. The maximum atomic E-state index is 11.2. The molecule has 0 spiro atoms. The first-order valence-electron chi connectivity index (χ1n) is 3.60. The third-order valence-electron chi connectivity index (χ3n) is 1.44. The molecule has 0 aliphatic carbocycles. The van der Waals surface area contributed by atoms with E-state index in [9.17, 15) is 4.21 Å². The molecule has 1 heterocycles. The van der Waals surface area contributed by atoms with Gasteiger partial charge in [0.15, 0.2) is 0 Å². The molecule has 1 unspecified atom stereocenters. The minimum atomic E-state index is -1.08. The van der Waals surface area contributed by atoms with Gasteiger partial charge in [-0.3, -0.25) is 11.3 Å². The molecule has 6 heteroatoms. The normalized spacial score (nSPS) is 22.3. The zero-order valence-electron chi connectivity index (χ0n) is 6.62. The van der Waals surface area contributed by atoms with E-state index >= 15 is 0 Å². The lowest BCUT2D eigenvalue weighted by molar-refractivity contribution is 0.693. The van der Waals surface area contributed by atoms with E-state index in [-0.39, 0.29) is 0 Å². The first kappa shape index (κ1) is 9.53. The van der Waals surface area contributed by atoms with Gasteiger partial charge in [-0.25, -0.2) is 9.20 Å². The Labute approximate surface area is 73.3 Å². The highest BCUT2D eigenvalue weighted by atomic mass is 32.2. The van der Waals surface area contributed by atoms with Gasteiger partial charge >= 0.3 is 0 Å². The van der Waals surface area contributed by atoms with Gasteiger partial charge < -0.3 is 5.73 Å². The van der Waals surface area contributed by atoms with Crippen LogP contribution < -0.4 is 17.0 Å². The topological polar surface area (TPSA) is 93.5 Å². The average Bonchev–Trinajstić information content (AvgIpc) is 2.43. The van der Waals surface area contributed by atoms with E-state index < -0.39 is 10.8 Å². The Balaban J connectivity index is 2.53. The van der Waals surface area contributed by atoms with Crippen molar-refractivity contribution in [2.24, 2.45) is 16.6 Å². The third-order valence-corrected chi connectivity index (χ3v) is 2.68. The van der Waals surface area contributed by atoms with Crippen molar-refractivity contribution in [1.82, 2.24) is 5.43 Å². The molecule has 0 radical (unpaired) electrons. The predicted molar refractivity (Wildman–Crippen MR) is 49.5 cm³/mol. The van der Waals surface area contributed by atoms with E-state index in [0.717, 1.165) is 0 Å². The Morgan fingerprint density at radius 1 is 1.67 bits per heavy atom. The minimum absolute atomic E-state index is 0.339. The van der Waals surface area contributed by atoms with Gasteiger partial charge in [0.05, 0.1) is 16.5 Å². The lowest BCUT2D eigenvalue weighted by atomic mass is 10.4. The first-order valence-corrected chi connectivity index (χ1v) is 4.81. The second-order valence-corrected chi connectivity index (χ2v) is 3.62. The molecule has 0 aromatic carbocycles. The second kappa shape index (κ2) is 4.46. The van der Waals surface area contributed by atoms with E-state index in [0.29, 0.717) is 30.3 Å². The summed E-state index contributed by atoms with van der Waals surface area (Å²) in [6.45, 7) is 0.918. The highest BCUT2D eigenvalue weighted by Gasteiger charge is 2.14. The number of hydrogen-bond acceptors (Lipinski definition) is 5. The zero-order valence-corrected chi connectivity index (χ0v) is 7.43. The quantitative estimate of drug-likeness (QED) is 0.381. The van der Waals surface area contributed by atoms with Crippen LogP contribution in [0.2, 0.25) is 0 Å². The summed E-state index contributed by atoms with van der Waals surface area (Å²) in [5.74, 6) is 5.07. The van der Waals surface area contributed by atoms with Crippen molar-refractivity contribution in [2.45, 2.75) is 6.42 Å². The van der Waals surface area contributed by atoms with E-state index in [1.165, 1.54) is 0 Å². The molecular weight excluding hydrogens is 176 g/mol. The molecule has 12 heavy (non-hydrogen) atoms. The molecule has 68 valence electrons. The molecule has 5 nitrogen and oxygen atoms in total. The van der Waals surface area contributed by atoms with Crippen LogP contribution in [0.15, 0.2) is 16.1 Å². The molecule has 0 aromatic heterocycles. The summed E-state index contributed by atoms with van der Waals surface area (Å²) in [5, 5.41) is 2.22. The standard InChI is InChI=1S/C6H12N4OS/c7-3-5-4-12(11)6(10-5)1-2-9-8/h4,9H,1-3,7-8H2. The molecule has 1 aliphatic rings. The van der Waals surface area contributed by atoms with Crippen LogP contribution in [0.5, 0.6) is 0 Å². The maximum absolute atomic E-state index is 11.2. The first-order chi connectivity index (χ1) is 5.77. The number of hydrazine groups is 1. The Hall–Kier alpha value is -0.560. The molecule has 1 rings (SSSR count). The average molecular weight is 188 g/mol. The molecular formula is C6H12N4OS. The SMILES string of the molecule is NCC1=CS(=O)C(CCNN)=N1. The van der Waals surface area contributed by atoms with Crippen LogP contribution in [0, 0.1) is 0 Å². The van der Waals surface area contributed by atoms with Gasteiger partial charge in [0.1, 0.15) is 5.04 Å². The van der Waals surface area contributed by atoms with Crippen LogP contribution in [0.1, 0.15) is 6.42 Å². The molecule has 5 N–H and O–H groups in total. The van der Waals surface area contributed by atoms with E-state index in [1.807, 2.05) is 0 Å². The van der Waals surface area contributed by atoms with E-state index in [1.54, 1.807) is 5.41 Å². The number of nitrogens with zero attached hydrogens (tertiary/aromatic N) is 1. The summed E-state index contributed by atoms with van der Waals surface area (Å²) in [6.07, 6.45) is 0.600. The smallest absolute Gasteiger partial charge is 0.110 e. The predicted octanol–water partition coefficient (Wildman–Crippen LogP) is -1.20. The highest BCUT2D eigenvalue weighted by Crippen LogP contribution is 2.11. The number of hydrogen-bond donors (Lipinski definition) is 3. The van der Waals surface area contributed by atoms with Crippen molar-refractivity contribution in [3.63, 3.8) is 0 Å². The van der Waals surface area contributed by atoms with Crippen LogP contribution in [-0.2, 0) is 10.8 Å². The second-order valence-electron chi connectivity index (χ2n) is 2.32. The Kier molecular flexibility index (Phi) is 3.54. The maximum Gasteiger partial charge on any atom is 0.110 e. The largest absolute Gasteiger partial charge is 0.325 e. The van der Waals surface area contributed by atoms with E-state index in [4.69, 9.17) is 11.6 Å². The number of rotatable bonds is 4. The lowest BCUT2D eigenvalue weighted by Gasteiger charge is -1.96. The fourth-order valence-corrected chi connectivity index (χ4v) is 1.89. The number of nitrogens with one attached hydrogen (secondary N) is 1. The zero-order chi connectivity index (χ0) is 8.97. The molecule has 1 aliphatic heterocycles. The van der Waals surface area contributed by atoms with Crippen LogP contribution >= 0.6 is 0 Å². The molecule has 0 aromatic rings. The molecule has 0 fully saturated rings. The summed E-state index contributed by atoms with van der Waals surface area (Å²) in [6, 6.07) is 0. The van der Waals surface area contributed by atoms with Gasteiger partial charge in [0, 0.05) is 24.9 Å². The van der Waals surface area contributed by atoms with Crippen LogP contribution in [0.3, 0.4) is 0 Å². The Morgan fingerprint density at radius 2 is 2.42 bits per heavy atom. The van der Waals surface area contributed by atoms with Crippen molar-refractivity contribution in [2.75, 3.05) is 13.1 Å². The van der Waals surface area contributed by atoms with Gasteiger partial charge in [-0.1, -0.05) is 0 Å². The molecule has 0 amide bonds. The summed E-state index contributed by atoms with van der Waals surface area (Å²) in [7, 11) is -1.08. The highest BCUT2D eigenvalue weighted by molar-refractivity contribution is 8.03. The van der Waals surface area contributed by atoms with Gasteiger partial charge in [-0.05, 0) is 0 Å². The monoisotopic (exact) mass is 188 g/mol. The van der Waals surface area contributed by atoms with Gasteiger partial charge in [-0.15, -0.1) is 0 Å². The van der Waals surface area contributed by atoms with Crippen molar-refractivity contribution < 1.29 is 4.21 Å². The van der Waals surface area contributed by atoms with Crippen LogP contribution in [0.4, 0.5) is 0 Å². The van der Waals surface area contributed by atoms with Crippen LogP contribution in [0.25, 0.3) is 0 Å². The third kappa shape index (κ3) is 2.21. The van der Waals surface area contributed by atoms with Gasteiger partial charge in [0.2, 0.25) is 0 Å². The lowest BCUT2D eigenvalue weighted by Crippen LogP contribution is -2.25. The fourth-order valence-electron chi connectivity index (χ4n) is 0.852. The summed E-state index contributed by atoms with van der Waals surface area (Å²) in [5.41, 5.74) is 8.51. The van der Waals surface area contributed by atoms with Crippen molar-refractivity contribution >= 4 is 15.8 Å². The van der Waals surface area contributed by atoms with Crippen LogP contribution in [-0.4, -0.2) is 22.3 Å². The summed E-state index contributed by atoms with van der Waals surface area (Å²) >= 11 is 0. The Bertz CT molecular complexity index is 248. The molecule has 0 saturated carbocycles. The summed E-state index contributed by atoms with van der Waals surface area (Å²) < 4.78 is 11.2. The molecule has 0 bridgehead atoms.